The van der Waals surface area contributed by atoms with Gasteiger partial charge < -0.3 is 19.8 Å². The monoisotopic (exact) mass is 417 g/mol. The summed E-state index contributed by atoms with van der Waals surface area (Å²) < 4.78 is 0. The molecule has 1 atom stereocenters. The lowest BCUT2D eigenvalue weighted by molar-refractivity contribution is -0.140. The predicted octanol–water partition coefficient (Wildman–Crippen LogP) is -1.50. The van der Waals surface area contributed by atoms with Gasteiger partial charge in [0.05, 0.1) is 18.3 Å². The Kier molecular flexibility index (Phi) is 5.82. The van der Waals surface area contributed by atoms with Crippen molar-refractivity contribution in [3.05, 3.63) is 18.6 Å². The Balaban J connectivity index is 1.28. The number of carbonyl (C=O) groups is 3. The van der Waals surface area contributed by atoms with Gasteiger partial charge in [0, 0.05) is 51.7 Å². The molecule has 3 aliphatic heterocycles. The number of nitrogens with zero attached hydrogens (tertiary/aromatic N) is 6. The van der Waals surface area contributed by atoms with Crippen LogP contribution in [0, 0.1) is 0 Å². The molecule has 1 aromatic heterocycles. The molecule has 4 heterocycles. The molecule has 3 aliphatic rings. The number of hydrogen-bond donors (Lipinski definition) is 2. The van der Waals surface area contributed by atoms with E-state index in [1.165, 1.54) is 4.90 Å². The maximum atomic E-state index is 12.6. The summed E-state index contributed by atoms with van der Waals surface area (Å²) in [5.41, 5.74) is -0.980. The summed E-state index contributed by atoms with van der Waals surface area (Å²) in [5.74, 6) is 0.212. The Hall–Kier alpha value is -2.79. The van der Waals surface area contributed by atoms with E-state index in [0.717, 1.165) is 32.0 Å². The second-order valence-electron chi connectivity index (χ2n) is 8.18. The van der Waals surface area contributed by atoms with E-state index in [0.29, 0.717) is 25.9 Å². The molecule has 1 unspecified atom stereocenters. The molecule has 4 amide bonds. The Morgan fingerprint density at radius 1 is 1.17 bits per heavy atom. The number of β-amino-alcohol motifs (C(OH)–C–C–N with tert-alkyl or cyclic N) is 1. The van der Waals surface area contributed by atoms with Crippen molar-refractivity contribution in [2.45, 2.75) is 18.4 Å². The van der Waals surface area contributed by atoms with Gasteiger partial charge in [-0.05, 0) is 12.8 Å². The summed E-state index contributed by atoms with van der Waals surface area (Å²) in [6, 6.07) is -0.540. The van der Waals surface area contributed by atoms with Crippen LogP contribution in [0.1, 0.15) is 12.8 Å². The molecule has 30 heavy (non-hydrogen) atoms. The van der Waals surface area contributed by atoms with Crippen LogP contribution in [-0.2, 0) is 9.59 Å². The molecule has 3 fully saturated rings. The molecule has 0 spiro atoms. The van der Waals surface area contributed by atoms with Gasteiger partial charge in [-0.15, -0.1) is 0 Å². The van der Waals surface area contributed by atoms with Crippen LogP contribution in [0.4, 0.5) is 10.6 Å². The van der Waals surface area contributed by atoms with Crippen molar-refractivity contribution in [1.29, 1.82) is 0 Å². The van der Waals surface area contributed by atoms with Crippen LogP contribution >= 0.6 is 0 Å². The van der Waals surface area contributed by atoms with Gasteiger partial charge in [0.2, 0.25) is 11.8 Å². The minimum absolute atomic E-state index is 0.0985. The van der Waals surface area contributed by atoms with E-state index in [-0.39, 0.29) is 25.5 Å². The molecule has 0 saturated carbocycles. The van der Waals surface area contributed by atoms with Crippen LogP contribution in [0.3, 0.4) is 0 Å². The van der Waals surface area contributed by atoms with Crippen molar-refractivity contribution < 1.29 is 19.5 Å². The minimum Gasteiger partial charge on any atom is -0.387 e. The van der Waals surface area contributed by atoms with Gasteiger partial charge in [-0.1, -0.05) is 0 Å². The van der Waals surface area contributed by atoms with Gasteiger partial charge in [-0.25, -0.2) is 9.78 Å². The topological polar surface area (TPSA) is 122 Å². The average Bonchev–Trinajstić information content (AvgIpc) is 3.05. The van der Waals surface area contributed by atoms with Crippen molar-refractivity contribution >= 4 is 23.7 Å². The first-order valence-electron chi connectivity index (χ1n) is 10.2. The molecule has 0 aromatic carbocycles. The number of nitrogens with one attached hydrogen (secondary N) is 1. The third kappa shape index (κ3) is 4.68. The normalized spacial score (nSPS) is 25.6. The number of rotatable bonds is 5. The lowest BCUT2D eigenvalue weighted by Crippen LogP contribution is -2.59. The molecule has 2 N–H and O–H groups in total. The maximum Gasteiger partial charge on any atom is 0.325 e. The van der Waals surface area contributed by atoms with Crippen molar-refractivity contribution in [3.8, 4) is 0 Å². The number of piperazine rings is 1. The second kappa shape index (κ2) is 8.52. The number of carbonyl (C=O) groups excluding carboxylic acids is 3. The number of aromatic nitrogens is 2. The van der Waals surface area contributed by atoms with Crippen molar-refractivity contribution in [1.82, 2.24) is 30.0 Å². The van der Waals surface area contributed by atoms with E-state index < -0.39 is 17.5 Å². The molecule has 0 bridgehead atoms. The molecule has 0 aliphatic carbocycles. The lowest BCUT2D eigenvalue weighted by Gasteiger charge is -2.44. The fourth-order valence-corrected chi connectivity index (χ4v) is 4.33. The second-order valence-corrected chi connectivity index (χ2v) is 8.18. The summed E-state index contributed by atoms with van der Waals surface area (Å²) >= 11 is 0. The third-order valence-corrected chi connectivity index (χ3v) is 5.87. The fraction of sp³-hybridized carbons (Fsp3) is 0.632. The molecule has 3 saturated heterocycles. The highest BCUT2D eigenvalue weighted by atomic mass is 16.3. The highest BCUT2D eigenvalue weighted by Gasteiger charge is 2.38. The Morgan fingerprint density at radius 3 is 2.63 bits per heavy atom. The molecule has 11 heteroatoms. The van der Waals surface area contributed by atoms with Crippen LogP contribution in [-0.4, -0.2) is 112 Å². The van der Waals surface area contributed by atoms with Gasteiger partial charge in [-0.3, -0.25) is 24.8 Å². The number of urea groups is 1. The van der Waals surface area contributed by atoms with E-state index in [1.807, 2.05) is 0 Å². The number of amides is 4. The molecule has 4 rings (SSSR count). The van der Waals surface area contributed by atoms with E-state index >= 15 is 0 Å². The molecule has 11 nitrogen and oxygen atoms in total. The SMILES string of the molecule is O=C1CN(CC(=O)N2CCCC(O)(CN3CCN(c4cnccn4)CC3)C2)C(=O)N1. The number of imide groups is 1. The van der Waals surface area contributed by atoms with Gasteiger partial charge >= 0.3 is 6.03 Å². The van der Waals surface area contributed by atoms with Crippen molar-refractivity contribution in [2.75, 3.05) is 63.8 Å². The zero-order valence-electron chi connectivity index (χ0n) is 16.9. The smallest absolute Gasteiger partial charge is 0.325 e. The summed E-state index contributed by atoms with van der Waals surface area (Å²) in [6.45, 7) is 4.22. The highest BCUT2D eigenvalue weighted by molar-refractivity contribution is 6.03. The predicted molar refractivity (Wildman–Crippen MR) is 107 cm³/mol. The first kappa shape index (κ1) is 20.5. The van der Waals surface area contributed by atoms with Crippen molar-refractivity contribution in [3.63, 3.8) is 0 Å². The molecule has 1 aromatic rings. The van der Waals surface area contributed by atoms with Crippen LogP contribution in [0.2, 0.25) is 0 Å². The average molecular weight is 417 g/mol. The largest absolute Gasteiger partial charge is 0.387 e. The van der Waals surface area contributed by atoms with Crippen molar-refractivity contribution in [2.24, 2.45) is 0 Å². The van der Waals surface area contributed by atoms with Crippen LogP contribution in [0.5, 0.6) is 0 Å². The number of hydrogen-bond acceptors (Lipinski definition) is 8. The summed E-state index contributed by atoms with van der Waals surface area (Å²) in [6.07, 6.45) is 6.41. The van der Waals surface area contributed by atoms with Gasteiger partial charge in [0.25, 0.3) is 0 Å². The van der Waals surface area contributed by atoms with Gasteiger partial charge in [-0.2, -0.15) is 0 Å². The summed E-state index contributed by atoms with van der Waals surface area (Å²) in [7, 11) is 0. The van der Waals surface area contributed by atoms with Gasteiger partial charge in [0.1, 0.15) is 18.9 Å². The zero-order chi connectivity index (χ0) is 21.1. The number of aliphatic hydroxyl groups is 1. The molecular formula is C19H27N7O4. The van der Waals surface area contributed by atoms with Gasteiger partial charge in [0.15, 0.2) is 0 Å². The number of likely N-dealkylation sites (tertiary alicyclic amines) is 1. The molecule has 0 radical (unpaired) electrons. The Labute approximate surface area is 174 Å². The first-order valence-corrected chi connectivity index (χ1v) is 10.2. The quantitative estimate of drug-likeness (QED) is 0.556. The fourth-order valence-electron chi connectivity index (χ4n) is 4.33. The number of piperidine rings is 1. The number of anilines is 1. The molecular weight excluding hydrogens is 390 g/mol. The van der Waals surface area contributed by atoms with E-state index in [9.17, 15) is 19.5 Å². The standard InChI is InChI=1S/C19H27N7O4/c27-16-11-26(18(29)22-16)12-17(28)25-5-1-2-19(30,14-25)13-23-6-8-24(9-7-23)15-10-20-3-4-21-15/h3-4,10,30H,1-2,5-9,11-14H2,(H,22,27,29). The summed E-state index contributed by atoms with van der Waals surface area (Å²) in [4.78, 5) is 51.3. The highest BCUT2D eigenvalue weighted by Crippen LogP contribution is 2.24. The van der Waals surface area contributed by atoms with E-state index in [4.69, 9.17) is 0 Å². The van der Waals surface area contributed by atoms with Crippen LogP contribution in [0.15, 0.2) is 18.6 Å². The summed E-state index contributed by atoms with van der Waals surface area (Å²) in [5, 5.41) is 13.3. The van der Waals surface area contributed by atoms with Crippen LogP contribution < -0.4 is 10.2 Å². The van der Waals surface area contributed by atoms with Crippen LogP contribution in [0.25, 0.3) is 0 Å². The zero-order valence-corrected chi connectivity index (χ0v) is 16.9. The minimum atomic E-state index is -0.980. The van der Waals surface area contributed by atoms with E-state index in [1.54, 1.807) is 23.5 Å². The molecule has 162 valence electrons. The lowest BCUT2D eigenvalue weighted by atomic mass is 9.91. The maximum absolute atomic E-state index is 12.6. The Bertz CT molecular complexity index is 799. The van der Waals surface area contributed by atoms with E-state index in [2.05, 4.69) is 25.1 Å². The Morgan fingerprint density at radius 2 is 1.97 bits per heavy atom. The third-order valence-electron chi connectivity index (χ3n) is 5.87. The first-order chi connectivity index (χ1) is 14.4.